The molecule has 126 valence electrons. The number of hydrogen-bond donors (Lipinski definition) is 1. The van der Waals surface area contributed by atoms with E-state index in [0.717, 1.165) is 10.9 Å². The van der Waals surface area contributed by atoms with E-state index in [1.807, 2.05) is 32.9 Å². The van der Waals surface area contributed by atoms with E-state index >= 15 is 0 Å². The number of sulfonamides is 1. The van der Waals surface area contributed by atoms with Crippen LogP contribution in [0.25, 0.3) is 10.9 Å². The molecule has 1 N–H and O–H groups in total. The van der Waals surface area contributed by atoms with Gasteiger partial charge < -0.3 is 5.32 Å². The number of nitrogens with one attached hydrogen (secondary N) is 1. The van der Waals surface area contributed by atoms with Crippen molar-refractivity contribution in [3.05, 3.63) is 36.0 Å². The Balaban J connectivity index is 0.00000192. The van der Waals surface area contributed by atoms with Crippen molar-refractivity contribution in [1.29, 1.82) is 0 Å². The highest BCUT2D eigenvalue weighted by atomic mass is 35.5. The van der Waals surface area contributed by atoms with Gasteiger partial charge in [-0.2, -0.15) is 4.31 Å². The van der Waals surface area contributed by atoms with Crippen LogP contribution in [-0.4, -0.2) is 42.9 Å². The van der Waals surface area contributed by atoms with Crippen LogP contribution >= 0.6 is 12.4 Å². The van der Waals surface area contributed by atoms with E-state index < -0.39 is 10.0 Å². The number of para-hydroxylation sites is 1. The Labute approximate surface area is 143 Å². The zero-order chi connectivity index (χ0) is 15.9. The number of nitrogens with zero attached hydrogens (tertiary/aromatic N) is 2. The number of halogens is 1. The molecule has 1 aliphatic rings. The van der Waals surface area contributed by atoms with Crippen molar-refractivity contribution in [3.63, 3.8) is 0 Å². The second kappa shape index (κ2) is 6.73. The third kappa shape index (κ3) is 3.35. The fourth-order valence-electron chi connectivity index (χ4n) is 2.90. The van der Waals surface area contributed by atoms with E-state index in [0.29, 0.717) is 23.5 Å². The minimum absolute atomic E-state index is 0. The van der Waals surface area contributed by atoms with Crippen molar-refractivity contribution >= 4 is 33.3 Å². The topological polar surface area (TPSA) is 62.3 Å². The zero-order valence-corrected chi connectivity index (χ0v) is 15.1. The molecule has 2 atom stereocenters. The third-order valence-electron chi connectivity index (χ3n) is 4.10. The maximum absolute atomic E-state index is 13.1. The Bertz CT molecular complexity index is 810. The average Bonchev–Trinajstić information content (AvgIpc) is 2.48. The SMILES string of the molecule is Cc1cnc2c(S(=O)(=O)N3CC(C)NCC3C)cccc2c1.Cl. The van der Waals surface area contributed by atoms with Gasteiger partial charge >= 0.3 is 0 Å². The lowest BCUT2D eigenvalue weighted by Crippen LogP contribution is -2.56. The van der Waals surface area contributed by atoms with E-state index in [1.54, 1.807) is 22.6 Å². The molecule has 1 saturated heterocycles. The molecule has 0 aliphatic carbocycles. The molecule has 7 heteroatoms. The lowest BCUT2D eigenvalue weighted by atomic mass is 10.2. The summed E-state index contributed by atoms with van der Waals surface area (Å²) in [4.78, 5) is 4.66. The van der Waals surface area contributed by atoms with Crippen LogP contribution in [0.1, 0.15) is 19.4 Å². The lowest BCUT2D eigenvalue weighted by molar-refractivity contribution is 0.245. The minimum Gasteiger partial charge on any atom is -0.311 e. The van der Waals surface area contributed by atoms with E-state index in [2.05, 4.69) is 10.3 Å². The van der Waals surface area contributed by atoms with Gasteiger partial charge in [-0.1, -0.05) is 12.1 Å². The summed E-state index contributed by atoms with van der Waals surface area (Å²) in [7, 11) is -3.55. The molecule has 0 radical (unpaired) electrons. The maximum atomic E-state index is 13.1. The van der Waals surface area contributed by atoms with E-state index in [-0.39, 0.29) is 24.5 Å². The van der Waals surface area contributed by atoms with Crippen LogP contribution in [0.4, 0.5) is 0 Å². The third-order valence-corrected chi connectivity index (χ3v) is 6.12. The van der Waals surface area contributed by atoms with Crippen LogP contribution in [0, 0.1) is 6.92 Å². The summed E-state index contributed by atoms with van der Waals surface area (Å²) in [6.07, 6.45) is 1.71. The number of piperazine rings is 1. The van der Waals surface area contributed by atoms with Gasteiger partial charge in [-0.25, -0.2) is 8.42 Å². The molecule has 1 aromatic carbocycles. The molecule has 1 aliphatic heterocycles. The lowest BCUT2D eigenvalue weighted by Gasteiger charge is -2.36. The summed E-state index contributed by atoms with van der Waals surface area (Å²) in [5.41, 5.74) is 1.57. The average molecular weight is 356 g/mol. The van der Waals surface area contributed by atoms with Crippen LogP contribution in [0.15, 0.2) is 35.4 Å². The number of aryl methyl sites for hydroxylation is 1. The second-order valence-electron chi connectivity index (χ2n) is 6.07. The maximum Gasteiger partial charge on any atom is 0.245 e. The zero-order valence-electron chi connectivity index (χ0n) is 13.5. The van der Waals surface area contributed by atoms with Crippen molar-refractivity contribution in [2.75, 3.05) is 13.1 Å². The first-order valence-corrected chi connectivity index (χ1v) is 8.94. The Morgan fingerprint density at radius 1 is 1.30 bits per heavy atom. The first-order chi connectivity index (χ1) is 10.4. The van der Waals surface area contributed by atoms with E-state index in [4.69, 9.17) is 0 Å². The quantitative estimate of drug-likeness (QED) is 0.898. The minimum atomic E-state index is -3.55. The van der Waals surface area contributed by atoms with Gasteiger partial charge in [0.2, 0.25) is 10.0 Å². The van der Waals surface area contributed by atoms with Gasteiger partial charge in [0.15, 0.2) is 0 Å². The fourth-order valence-corrected chi connectivity index (χ4v) is 4.79. The fraction of sp³-hybridized carbons (Fsp3) is 0.438. The molecular weight excluding hydrogens is 334 g/mol. The van der Waals surface area contributed by atoms with Crippen molar-refractivity contribution in [3.8, 4) is 0 Å². The molecule has 1 fully saturated rings. The van der Waals surface area contributed by atoms with Gasteiger partial charge in [0.25, 0.3) is 0 Å². The highest BCUT2D eigenvalue weighted by Crippen LogP contribution is 2.27. The molecule has 2 aromatic rings. The van der Waals surface area contributed by atoms with Crippen molar-refractivity contribution < 1.29 is 8.42 Å². The van der Waals surface area contributed by atoms with Crippen molar-refractivity contribution in [2.24, 2.45) is 0 Å². The van der Waals surface area contributed by atoms with Gasteiger partial charge in [-0.05, 0) is 38.5 Å². The van der Waals surface area contributed by atoms with Crippen LogP contribution in [0.2, 0.25) is 0 Å². The number of fused-ring (bicyclic) bond motifs is 1. The molecular formula is C16H22ClN3O2S. The van der Waals surface area contributed by atoms with Crippen LogP contribution < -0.4 is 5.32 Å². The largest absolute Gasteiger partial charge is 0.311 e. The number of aromatic nitrogens is 1. The van der Waals surface area contributed by atoms with Crippen LogP contribution in [0.5, 0.6) is 0 Å². The number of rotatable bonds is 2. The van der Waals surface area contributed by atoms with E-state index in [9.17, 15) is 8.42 Å². The monoisotopic (exact) mass is 355 g/mol. The van der Waals surface area contributed by atoms with Gasteiger partial charge in [-0.15, -0.1) is 12.4 Å². The van der Waals surface area contributed by atoms with E-state index in [1.165, 1.54) is 0 Å². The summed E-state index contributed by atoms with van der Waals surface area (Å²) in [6.45, 7) is 7.02. The highest BCUT2D eigenvalue weighted by molar-refractivity contribution is 7.89. The normalized spacial score (nSPS) is 22.7. The number of benzene rings is 1. The first kappa shape index (κ1) is 18.1. The standard InChI is InChI=1S/C16H21N3O2S.ClH/c1-11-7-14-5-4-6-15(16(14)18-8-11)22(20,21)19-10-12(2)17-9-13(19)3;/h4-8,12-13,17H,9-10H2,1-3H3;1H. The Kier molecular flexibility index (Phi) is 5.30. The molecule has 2 heterocycles. The van der Waals surface area contributed by atoms with Crippen molar-refractivity contribution in [1.82, 2.24) is 14.6 Å². The number of hydrogen-bond acceptors (Lipinski definition) is 4. The molecule has 5 nitrogen and oxygen atoms in total. The summed E-state index contributed by atoms with van der Waals surface area (Å²) >= 11 is 0. The molecule has 0 spiro atoms. The molecule has 0 amide bonds. The first-order valence-electron chi connectivity index (χ1n) is 7.50. The smallest absolute Gasteiger partial charge is 0.245 e. The predicted molar refractivity (Wildman–Crippen MR) is 94.5 cm³/mol. The Hall–Kier alpha value is -1.21. The molecule has 0 saturated carbocycles. The highest BCUT2D eigenvalue weighted by Gasteiger charge is 2.34. The predicted octanol–water partition coefficient (Wildman–Crippen LogP) is 2.34. The van der Waals surface area contributed by atoms with Crippen LogP contribution in [-0.2, 0) is 10.0 Å². The van der Waals surface area contributed by atoms with Gasteiger partial charge in [0, 0.05) is 36.8 Å². The Morgan fingerprint density at radius 2 is 2.04 bits per heavy atom. The molecule has 3 rings (SSSR count). The van der Waals surface area contributed by atoms with Gasteiger partial charge in [0.1, 0.15) is 4.90 Å². The molecule has 1 aromatic heterocycles. The van der Waals surface area contributed by atoms with Crippen molar-refractivity contribution in [2.45, 2.75) is 37.8 Å². The second-order valence-corrected chi connectivity index (χ2v) is 7.93. The van der Waals surface area contributed by atoms with Crippen LogP contribution in [0.3, 0.4) is 0 Å². The molecule has 2 unspecified atom stereocenters. The molecule has 0 bridgehead atoms. The summed E-state index contributed by atoms with van der Waals surface area (Å²) < 4.78 is 27.8. The summed E-state index contributed by atoms with van der Waals surface area (Å²) in [6, 6.07) is 7.38. The van der Waals surface area contributed by atoms with Gasteiger partial charge in [0.05, 0.1) is 5.52 Å². The number of pyridine rings is 1. The summed E-state index contributed by atoms with van der Waals surface area (Å²) in [5, 5.41) is 4.17. The summed E-state index contributed by atoms with van der Waals surface area (Å²) in [5.74, 6) is 0. The van der Waals surface area contributed by atoms with Gasteiger partial charge in [-0.3, -0.25) is 4.98 Å². The molecule has 23 heavy (non-hydrogen) atoms. The Morgan fingerprint density at radius 3 is 2.78 bits per heavy atom.